The van der Waals surface area contributed by atoms with E-state index in [1.54, 1.807) is 19.4 Å². The normalized spacial score (nSPS) is 10.3. The molecule has 27 heavy (non-hydrogen) atoms. The minimum atomic E-state index is -0.234. The van der Waals surface area contributed by atoms with Crippen LogP contribution in [-0.4, -0.2) is 18.0 Å². The summed E-state index contributed by atoms with van der Waals surface area (Å²) in [6.07, 6.45) is 2.46. The van der Waals surface area contributed by atoms with Gasteiger partial charge in [0.15, 0.2) is 0 Å². The van der Waals surface area contributed by atoms with Gasteiger partial charge in [-0.15, -0.1) is 0 Å². The zero-order chi connectivity index (χ0) is 19.2. The minimum Gasteiger partial charge on any atom is -0.495 e. The van der Waals surface area contributed by atoms with Crippen LogP contribution in [0.15, 0.2) is 60.8 Å². The number of para-hydroxylation sites is 3. The molecule has 0 aliphatic rings. The number of aromatic nitrogens is 1. The summed E-state index contributed by atoms with van der Waals surface area (Å²) in [5.74, 6) is 0.496. The Morgan fingerprint density at radius 2 is 1.93 bits per heavy atom. The first-order chi connectivity index (χ1) is 13.1. The first kappa shape index (κ1) is 18.5. The van der Waals surface area contributed by atoms with Gasteiger partial charge in [-0.25, -0.2) is 0 Å². The molecule has 5 nitrogen and oxygen atoms in total. The van der Waals surface area contributed by atoms with Crippen molar-refractivity contribution in [3.8, 4) is 5.75 Å². The molecule has 2 N–H and O–H groups in total. The van der Waals surface area contributed by atoms with Gasteiger partial charge in [-0.3, -0.25) is 9.78 Å². The topological polar surface area (TPSA) is 63.2 Å². The highest BCUT2D eigenvalue weighted by Gasteiger charge is 2.13. The fraction of sp³-hybridized carbons (Fsp3) is 0.182. The molecule has 0 radical (unpaired) electrons. The van der Waals surface area contributed by atoms with Crippen molar-refractivity contribution < 1.29 is 9.53 Å². The Balaban J connectivity index is 1.82. The molecule has 2 aromatic carbocycles. The second-order valence-corrected chi connectivity index (χ2v) is 6.17. The van der Waals surface area contributed by atoms with Gasteiger partial charge in [0.05, 0.1) is 12.8 Å². The van der Waals surface area contributed by atoms with Crippen LogP contribution in [0.25, 0.3) is 0 Å². The number of carbonyl (C=O) groups excluding carboxylic acids is 1. The number of amides is 1. The molecular formula is C22H23N3O2. The van der Waals surface area contributed by atoms with E-state index < -0.39 is 0 Å². The van der Waals surface area contributed by atoms with Gasteiger partial charge >= 0.3 is 0 Å². The zero-order valence-corrected chi connectivity index (χ0v) is 15.7. The minimum absolute atomic E-state index is 0.234. The smallest absolute Gasteiger partial charge is 0.274 e. The lowest BCUT2D eigenvalue weighted by Crippen LogP contribution is -2.16. The van der Waals surface area contributed by atoms with Crippen LogP contribution in [0, 0.1) is 6.92 Å². The average Bonchev–Trinajstić information content (AvgIpc) is 2.70. The van der Waals surface area contributed by atoms with Gasteiger partial charge in [-0.05, 0) is 48.7 Å². The number of hydrogen-bond acceptors (Lipinski definition) is 4. The van der Waals surface area contributed by atoms with Crippen molar-refractivity contribution in [2.75, 3.05) is 17.7 Å². The molecule has 0 spiro atoms. The number of nitrogens with zero attached hydrogens (tertiary/aromatic N) is 1. The van der Waals surface area contributed by atoms with Crippen LogP contribution >= 0.6 is 0 Å². The molecule has 5 heteroatoms. The predicted octanol–water partition coefficient (Wildman–Crippen LogP) is 4.96. The molecule has 3 rings (SSSR count). The van der Waals surface area contributed by atoms with Gasteiger partial charge in [-0.2, -0.15) is 0 Å². The van der Waals surface area contributed by atoms with Crippen molar-refractivity contribution >= 4 is 23.0 Å². The molecule has 0 saturated carbocycles. The van der Waals surface area contributed by atoms with Crippen molar-refractivity contribution in [1.82, 2.24) is 4.98 Å². The maximum Gasteiger partial charge on any atom is 0.274 e. The maximum absolute atomic E-state index is 12.7. The van der Waals surface area contributed by atoms with Gasteiger partial charge in [0.25, 0.3) is 5.91 Å². The molecular weight excluding hydrogens is 338 g/mol. The number of nitrogens with one attached hydrogen (secondary N) is 2. The Morgan fingerprint density at radius 3 is 2.70 bits per heavy atom. The van der Waals surface area contributed by atoms with Crippen LogP contribution in [0.1, 0.15) is 28.5 Å². The van der Waals surface area contributed by atoms with E-state index in [-0.39, 0.29) is 5.91 Å². The van der Waals surface area contributed by atoms with Crippen molar-refractivity contribution in [2.45, 2.75) is 20.3 Å². The van der Waals surface area contributed by atoms with Crippen LogP contribution in [0.4, 0.5) is 17.1 Å². The highest BCUT2D eigenvalue weighted by Crippen LogP contribution is 2.27. The van der Waals surface area contributed by atoms with Crippen molar-refractivity contribution in [2.24, 2.45) is 0 Å². The third-order valence-corrected chi connectivity index (χ3v) is 4.36. The Hall–Kier alpha value is -3.34. The zero-order valence-electron chi connectivity index (χ0n) is 15.7. The number of anilines is 3. The van der Waals surface area contributed by atoms with Crippen LogP contribution in [-0.2, 0) is 6.42 Å². The monoisotopic (exact) mass is 361 g/mol. The first-order valence-electron chi connectivity index (χ1n) is 8.88. The number of hydrogen-bond donors (Lipinski definition) is 2. The van der Waals surface area contributed by atoms with Crippen LogP contribution in [0.3, 0.4) is 0 Å². The Morgan fingerprint density at radius 1 is 1.11 bits per heavy atom. The summed E-state index contributed by atoms with van der Waals surface area (Å²) >= 11 is 0. The number of methoxy groups -OCH3 is 1. The molecule has 0 unspecified atom stereocenters. The lowest BCUT2D eigenvalue weighted by Gasteiger charge is -2.14. The third kappa shape index (κ3) is 4.26. The number of carbonyl (C=O) groups is 1. The SMILES string of the molecule is CCc1cccc(C)c1NC(=O)c1cc(Nc2ccccc2OC)ccn1. The summed E-state index contributed by atoms with van der Waals surface area (Å²) in [5.41, 5.74) is 4.93. The van der Waals surface area contributed by atoms with Crippen LogP contribution in [0.2, 0.25) is 0 Å². The molecule has 0 aliphatic carbocycles. The molecule has 1 aromatic heterocycles. The summed E-state index contributed by atoms with van der Waals surface area (Å²) in [7, 11) is 1.62. The van der Waals surface area contributed by atoms with Crippen molar-refractivity contribution in [3.05, 3.63) is 77.6 Å². The van der Waals surface area contributed by atoms with Gasteiger partial charge in [-0.1, -0.05) is 37.3 Å². The lowest BCUT2D eigenvalue weighted by molar-refractivity contribution is 0.102. The van der Waals surface area contributed by atoms with E-state index in [0.29, 0.717) is 5.69 Å². The number of rotatable bonds is 6. The first-order valence-corrected chi connectivity index (χ1v) is 8.88. The van der Waals surface area contributed by atoms with E-state index in [2.05, 4.69) is 22.5 Å². The van der Waals surface area contributed by atoms with Crippen molar-refractivity contribution in [1.29, 1.82) is 0 Å². The summed E-state index contributed by atoms with van der Waals surface area (Å²) in [6.45, 7) is 4.06. The lowest BCUT2D eigenvalue weighted by atomic mass is 10.1. The quantitative estimate of drug-likeness (QED) is 0.651. The summed E-state index contributed by atoms with van der Waals surface area (Å²) in [6, 6.07) is 17.2. The summed E-state index contributed by atoms with van der Waals surface area (Å²) in [5, 5.41) is 6.28. The Labute approximate surface area is 159 Å². The summed E-state index contributed by atoms with van der Waals surface area (Å²) < 4.78 is 5.36. The third-order valence-electron chi connectivity index (χ3n) is 4.36. The van der Waals surface area contributed by atoms with Gasteiger partial charge in [0, 0.05) is 17.6 Å². The number of pyridine rings is 1. The van der Waals surface area contributed by atoms with Gasteiger partial charge in [0.2, 0.25) is 0 Å². The highest BCUT2D eigenvalue weighted by molar-refractivity contribution is 6.04. The van der Waals surface area contributed by atoms with E-state index in [1.807, 2.05) is 55.5 Å². The van der Waals surface area contributed by atoms with Gasteiger partial charge < -0.3 is 15.4 Å². The molecule has 0 saturated heterocycles. The predicted molar refractivity (Wildman–Crippen MR) is 109 cm³/mol. The van der Waals surface area contributed by atoms with E-state index in [4.69, 9.17) is 4.74 Å². The molecule has 3 aromatic rings. The molecule has 1 heterocycles. The van der Waals surface area contributed by atoms with E-state index in [9.17, 15) is 4.79 Å². The van der Waals surface area contributed by atoms with Crippen molar-refractivity contribution in [3.63, 3.8) is 0 Å². The molecule has 0 bridgehead atoms. The Bertz CT molecular complexity index is 954. The molecule has 0 fully saturated rings. The maximum atomic E-state index is 12.7. The standard InChI is InChI=1S/C22H23N3O2/c1-4-16-9-7-8-15(2)21(16)25-22(26)19-14-17(12-13-23-19)24-18-10-5-6-11-20(18)27-3/h5-14H,4H2,1-3H3,(H,23,24)(H,25,26). The van der Waals surface area contributed by atoms with Gasteiger partial charge in [0.1, 0.15) is 11.4 Å². The van der Waals surface area contributed by atoms with Crippen LogP contribution in [0.5, 0.6) is 5.75 Å². The average molecular weight is 361 g/mol. The molecule has 1 amide bonds. The highest BCUT2D eigenvalue weighted by atomic mass is 16.5. The molecule has 138 valence electrons. The van der Waals surface area contributed by atoms with E-state index >= 15 is 0 Å². The van der Waals surface area contributed by atoms with Crippen LogP contribution < -0.4 is 15.4 Å². The molecule has 0 atom stereocenters. The van der Waals surface area contributed by atoms with E-state index in [0.717, 1.165) is 40.4 Å². The second-order valence-electron chi connectivity index (χ2n) is 6.17. The Kier molecular flexibility index (Phi) is 5.71. The molecule has 0 aliphatic heterocycles. The number of benzene rings is 2. The fourth-order valence-electron chi connectivity index (χ4n) is 2.92. The summed E-state index contributed by atoms with van der Waals surface area (Å²) in [4.78, 5) is 17.0. The number of ether oxygens (including phenoxy) is 1. The largest absolute Gasteiger partial charge is 0.495 e. The fourth-order valence-corrected chi connectivity index (χ4v) is 2.92. The second kappa shape index (κ2) is 8.36. The number of aryl methyl sites for hydroxylation is 2. The van der Waals surface area contributed by atoms with E-state index in [1.165, 1.54) is 0 Å².